The summed E-state index contributed by atoms with van der Waals surface area (Å²) in [6.07, 6.45) is 14.2. The minimum Gasteiger partial charge on any atom is -0.494 e. The summed E-state index contributed by atoms with van der Waals surface area (Å²) in [4.78, 5) is 12.8. The van der Waals surface area contributed by atoms with Gasteiger partial charge in [0.1, 0.15) is 25.5 Å². The monoisotopic (exact) mass is 746 g/mol. The van der Waals surface area contributed by atoms with Gasteiger partial charge >= 0.3 is 5.97 Å². The molecule has 0 aliphatic carbocycles. The van der Waals surface area contributed by atoms with E-state index >= 15 is 0 Å². The van der Waals surface area contributed by atoms with Crippen LogP contribution in [0.15, 0.2) is 42.5 Å². The molecule has 0 bridgehead atoms. The van der Waals surface area contributed by atoms with E-state index in [2.05, 4.69) is 36.5 Å². The summed E-state index contributed by atoms with van der Waals surface area (Å²) < 4.78 is 51.1. The molecular weight excluding hydrogens is 678 g/mol. The fourth-order valence-electron chi connectivity index (χ4n) is 5.67. The predicted octanol–water partition coefficient (Wildman–Crippen LogP) is 6.54. The van der Waals surface area contributed by atoms with Crippen molar-refractivity contribution in [2.45, 2.75) is 90.5 Å². The first kappa shape index (κ1) is 44.5. The molecule has 0 unspecified atom stereocenters. The molecule has 0 spiro atoms. The van der Waals surface area contributed by atoms with Crippen LogP contribution in [0.5, 0.6) is 17.2 Å². The number of esters is 1. The highest BCUT2D eigenvalue weighted by Gasteiger charge is 2.14. The molecule has 0 saturated carbocycles. The predicted molar refractivity (Wildman–Crippen MR) is 205 cm³/mol. The molecular formula is C42H68NO10+. The summed E-state index contributed by atoms with van der Waals surface area (Å²) in [6, 6.07) is 13.7. The lowest BCUT2D eigenvalue weighted by molar-refractivity contribution is -0.670. The Bertz CT molecular complexity index is 1170. The molecule has 2 aromatic rings. The third-order valence-electron chi connectivity index (χ3n) is 8.74. The molecule has 3 rings (SSSR count). The number of carbonyl (C=O) groups is 1. The van der Waals surface area contributed by atoms with Crippen molar-refractivity contribution >= 4 is 5.97 Å². The van der Waals surface area contributed by atoms with Crippen LogP contribution in [0.2, 0.25) is 0 Å². The smallest absolute Gasteiger partial charge is 0.338 e. The zero-order valence-corrected chi connectivity index (χ0v) is 32.5. The van der Waals surface area contributed by atoms with E-state index in [0.717, 1.165) is 44.6 Å². The number of quaternary nitrogens is 1. The van der Waals surface area contributed by atoms with Gasteiger partial charge in [0.25, 0.3) is 0 Å². The highest BCUT2D eigenvalue weighted by Crippen LogP contribution is 2.29. The second kappa shape index (κ2) is 31.4. The molecule has 2 N–H and O–H groups in total. The standard InChI is InChI=1S/C42H67NO10/c1-2-3-20-43-36-37-14-17-39(18-15-37)50-21-12-10-8-6-4-5-7-9-11-13-22-53-42(44)38-16-19-40-41(35-38)52-34-32-49-30-28-47-26-24-45-23-25-46-27-29-48-31-33-51-40/h14-19,35,43H,2-13,20-34,36H2,1H3/p+1. The van der Waals surface area contributed by atoms with Crippen LogP contribution in [0.4, 0.5) is 0 Å². The van der Waals surface area contributed by atoms with Crippen molar-refractivity contribution in [1.29, 1.82) is 0 Å². The van der Waals surface area contributed by atoms with Crippen molar-refractivity contribution in [3.05, 3.63) is 53.6 Å². The Kier molecular flexibility index (Phi) is 26.4. The normalized spacial score (nSPS) is 15.6. The van der Waals surface area contributed by atoms with E-state index in [9.17, 15) is 4.79 Å². The minimum atomic E-state index is -0.366. The molecule has 0 saturated heterocycles. The molecule has 300 valence electrons. The molecule has 1 heterocycles. The minimum absolute atomic E-state index is 0.300. The van der Waals surface area contributed by atoms with Gasteiger partial charge in [-0.15, -0.1) is 0 Å². The van der Waals surface area contributed by atoms with Crippen LogP contribution >= 0.6 is 0 Å². The van der Waals surface area contributed by atoms with E-state index in [0.29, 0.717) is 103 Å². The molecule has 0 aromatic heterocycles. The Morgan fingerprint density at radius 2 is 1.06 bits per heavy atom. The lowest BCUT2D eigenvalue weighted by Gasteiger charge is -2.14. The Hall–Kier alpha value is -2.93. The van der Waals surface area contributed by atoms with E-state index in [1.165, 1.54) is 63.5 Å². The molecule has 1 aliphatic heterocycles. The summed E-state index contributed by atoms with van der Waals surface area (Å²) >= 11 is 0. The summed E-state index contributed by atoms with van der Waals surface area (Å²) in [5.41, 5.74) is 1.78. The van der Waals surface area contributed by atoms with Gasteiger partial charge in [0.2, 0.25) is 0 Å². The fourth-order valence-corrected chi connectivity index (χ4v) is 5.67. The quantitative estimate of drug-likeness (QED) is 0.118. The molecule has 11 heteroatoms. The number of fused-ring (bicyclic) bond motifs is 1. The van der Waals surface area contributed by atoms with Gasteiger partial charge < -0.3 is 47.9 Å². The number of hydrogen-bond donors (Lipinski definition) is 1. The maximum absolute atomic E-state index is 12.8. The Morgan fingerprint density at radius 1 is 0.566 bits per heavy atom. The molecule has 0 fully saturated rings. The molecule has 53 heavy (non-hydrogen) atoms. The van der Waals surface area contributed by atoms with Crippen LogP contribution in [-0.4, -0.2) is 105 Å². The van der Waals surface area contributed by atoms with Crippen molar-refractivity contribution in [3.63, 3.8) is 0 Å². The fraction of sp³-hybridized carbons (Fsp3) is 0.690. The van der Waals surface area contributed by atoms with Crippen molar-refractivity contribution in [3.8, 4) is 17.2 Å². The number of unbranched alkanes of at least 4 members (excludes halogenated alkanes) is 10. The molecule has 1 aliphatic rings. The largest absolute Gasteiger partial charge is 0.494 e. The van der Waals surface area contributed by atoms with E-state index < -0.39 is 0 Å². The number of nitrogens with two attached hydrogens (primary N) is 1. The molecule has 11 nitrogen and oxygen atoms in total. The number of benzene rings is 2. The van der Waals surface area contributed by atoms with E-state index in [1.54, 1.807) is 18.2 Å². The Labute approximate surface area is 318 Å². The SMILES string of the molecule is CCCC[NH2+]Cc1ccc(OCCCCCCCCCCCCOC(=O)c2ccc3c(c2)OCCOCCOCCOCCOCCOCCO3)cc1. The summed E-state index contributed by atoms with van der Waals surface area (Å²) in [5.74, 6) is 1.61. The topological polar surface area (TPSA) is 117 Å². The number of carbonyl (C=O) groups excluding carboxylic acids is 1. The number of ether oxygens (including phenoxy) is 9. The van der Waals surface area contributed by atoms with Crippen LogP contribution in [0.3, 0.4) is 0 Å². The van der Waals surface area contributed by atoms with Crippen LogP contribution in [0.1, 0.15) is 99.9 Å². The first-order chi connectivity index (χ1) is 26.3. The van der Waals surface area contributed by atoms with Gasteiger partial charge in [-0.05, 0) is 61.7 Å². The van der Waals surface area contributed by atoms with Gasteiger partial charge in [0, 0.05) is 5.56 Å². The van der Waals surface area contributed by atoms with Crippen molar-refractivity contribution in [1.82, 2.24) is 0 Å². The van der Waals surface area contributed by atoms with Gasteiger partial charge in [-0.1, -0.05) is 64.7 Å². The highest BCUT2D eigenvalue weighted by molar-refractivity contribution is 5.90. The van der Waals surface area contributed by atoms with Gasteiger partial charge in [0.05, 0.1) is 91.4 Å². The highest BCUT2D eigenvalue weighted by atomic mass is 16.6. The van der Waals surface area contributed by atoms with Crippen LogP contribution < -0.4 is 19.5 Å². The van der Waals surface area contributed by atoms with Crippen LogP contribution in [0, 0.1) is 0 Å². The maximum atomic E-state index is 12.8. The van der Waals surface area contributed by atoms with E-state index in [-0.39, 0.29) is 5.97 Å². The zero-order chi connectivity index (χ0) is 37.3. The van der Waals surface area contributed by atoms with Gasteiger partial charge in [-0.25, -0.2) is 4.79 Å². The average Bonchev–Trinajstić information content (AvgIpc) is 3.18. The molecule has 0 radical (unpaired) electrons. The van der Waals surface area contributed by atoms with Gasteiger partial charge in [-0.2, -0.15) is 0 Å². The molecule has 2 aromatic carbocycles. The second-order valence-corrected chi connectivity index (χ2v) is 13.2. The van der Waals surface area contributed by atoms with Crippen molar-refractivity contribution in [2.75, 3.05) is 99.0 Å². The zero-order valence-electron chi connectivity index (χ0n) is 32.5. The van der Waals surface area contributed by atoms with E-state index in [4.69, 9.17) is 42.6 Å². The first-order valence-electron chi connectivity index (χ1n) is 20.2. The van der Waals surface area contributed by atoms with Crippen LogP contribution in [0.25, 0.3) is 0 Å². The van der Waals surface area contributed by atoms with Crippen molar-refractivity contribution in [2.24, 2.45) is 0 Å². The molecule has 0 atom stereocenters. The Morgan fingerprint density at radius 3 is 1.60 bits per heavy atom. The second-order valence-electron chi connectivity index (χ2n) is 13.2. The summed E-state index contributed by atoms with van der Waals surface area (Å²) in [7, 11) is 0. The van der Waals surface area contributed by atoms with E-state index in [1.807, 2.05) is 0 Å². The number of rotatable bonds is 20. The van der Waals surface area contributed by atoms with Gasteiger partial charge in [-0.3, -0.25) is 0 Å². The lowest BCUT2D eigenvalue weighted by Crippen LogP contribution is -2.82. The summed E-state index contributed by atoms with van der Waals surface area (Å²) in [6.45, 7) is 11.0. The van der Waals surface area contributed by atoms with Crippen LogP contribution in [-0.2, 0) is 35.0 Å². The first-order valence-corrected chi connectivity index (χ1v) is 20.2. The third kappa shape index (κ3) is 22.8. The van der Waals surface area contributed by atoms with Gasteiger partial charge in [0.15, 0.2) is 11.5 Å². The van der Waals surface area contributed by atoms with Crippen molar-refractivity contribution < 1.29 is 52.7 Å². The third-order valence-corrected chi connectivity index (χ3v) is 8.74. The Balaban J connectivity index is 1.21. The summed E-state index contributed by atoms with van der Waals surface area (Å²) in [5, 5.41) is 2.38. The number of hydrogen-bond acceptors (Lipinski definition) is 10. The maximum Gasteiger partial charge on any atom is 0.338 e. The average molecular weight is 747 g/mol. The molecule has 0 amide bonds. The lowest BCUT2D eigenvalue weighted by atomic mass is 10.1.